The first-order valence-corrected chi connectivity index (χ1v) is 9.62. The number of rotatable bonds is 4. The highest BCUT2D eigenvalue weighted by molar-refractivity contribution is 7.99. The maximum Gasteiger partial charge on any atom is 0.256 e. The topological polar surface area (TPSA) is 52.9 Å². The van der Waals surface area contributed by atoms with Crippen LogP contribution in [-0.2, 0) is 12.8 Å². The van der Waals surface area contributed by atoms with Gasteiger partial charge in [-0.1, -0.05) is 13.0 Å². The van der Waals surface area contributed by atoms with Crippen LogP contribution >= 0.6 is 23.1 Å². The second-order valence-electron chi connectivity index (χ2n) is 5.44. The number of nitriles is 1. The fourth-order valence-electron chi connectivity index (χ4n) is 2.84. The third-order valence-electron chi connectivity index (χ3n) is 3.92. The normalized spacial score (nSPS) is 13.2. The molecule has 1 heterocycles. The van der Waals surface area contributed by atoms with Gasteiger partial charge in [-0.15, -0.1) is 23.1 Å². The molecule has 1 amide bonds. The number of carbonyl (C=O) groups is 1. The fourth-order valence-corrected chi connectivity index (χ4v) is 4.79. The van der Waals surface area contributed by atoms with Crippen molar-refractivity contribution in [2.24, 2.45) is 0 Å². The molecule has 0 unspecified atom stereocenters. The standard InChI is InChI=1S/C18H18N2OS2/c1-2-22-13-7-5-6-12(10-13)17(21)20-18-15(11-19)14-8-3-4-9-16(14)23-18/h5-7,10H,2-4,8-9H2,1H3,(H,20,21). The van der Waals surface area contributed by atoms with E-state index in [1.165, 1.54) is 11.3 Å². The number of anilines is 1. The Hall–Kier alpha value is -1.77. The van der Waals surface area contributed by atoms with Gasteiger partial charge >= 0.3 is 0 Å². The van der Waals surface area contributed by atoms with Crippen LogP contribution in [0, 0.1) is 11.3 Å². The minimum atomic E-state index is -0.140. The van der Waals surface area contributed by atoms with Crippen molar-refractivity contribution >= 4 is 34.0 Å². The van der Waals surface area contributed by atoms with Gasteiger partial charge < -0.3 is 5.32 Å². The Balaban J connectivity index is 1.84. The van der Waals surface area contributed by atoms with E-state index in [0.717, 1.165) is 35.5 Å². The molecule has 0 aliphatic heterocycles. The van der Waals surface area contributed by atoms with Crippen molar-refractivity contribution in [3.63, 3.8) is 0 Å². The largest absolute Gasteiger partial charge is 0.312 e. The van der Waals surface area contributed by atoms with E-state index in [1.54, 1.807) is 23.1 Å². The number of fused-ring (bicyclic) bond motifs is 1. The van der Waals surface area contributed by atoms with Gasteiger partial charge in [-0.25, -0.2) is 0 Å². The van der Waals surface area contributed by atoms with Crippen molar-refractivity contribution in [3.8, 4) is 6.07 Å². The number of hydrogen-bond acceptors (Lipinski definition) is 4. The van der Waals surface area contributed by atoms with Gasteiger partial charge in [-0.3, -0.25) is 4.79 Å². The quantitative estimate of drug-likeness (QED) is 0.807. The zero-order valence-corrected chi connectivity index (χ0v) is 14.6. The Kier molecular flexibility index (Phi) is 5.04. The van der Waals surface area contributed by atoms with Crippen molar-refractivity contribution < 1.29 is 4.79 Å². The summed E-state index contributed by atoms with van der Waals surface area (Å²) in [5.74, 6) is 0.833. The van der Waals surface area contributed by atoms with E-state index in [4.69, 9.17) is 0 Å². The predicted molar refractivity (Wildman–Crippen MR) is 96.5 cm³/mol. The molecule has 2 aromatic rings. The second kappa shape index (κ2) is 7.20. The molecule has 3 rings (SSSR count). The van der Waals surface area contributed by atoms with Crippen LogP contribution in [-0.4, -0.2) is 11.7 Å². The van der Waals surface area contributed by atoms with E-state index in [2.05, 4.69) is 18.3 Å². The molecule has 1 aromatic heterocycles. The lowest BCUT2D eigenvalue weighted by Gasteiger charge is -2.09. The molecule has 1 N–H and O–H groups in total. The number of nitrogens with zero attached hydrogens (tertiary/aromatic N) is 1. The summed E-state index contributed by atoms with van der Waals surface area (Å²) >= 11 is 3.28. The Morgan fingerprint density at radius 1 is 1.39 bits per heavy atom. The van der Waals surface area contributed by atoms with Crippen molar-refractivity contribution in [2.45, 2.75) is 37.5 Å². The average Bonchev–Trinajstić information content (AvgIpc) is 2.92. The first kappa shape index (κ1) is 16.1. The highest BCUT2D eigenvalue weighted by Gasteiger charge is 2.22. The zero-order chi connectivity index (χ0) is 16.2. The second-order valence-corrected chi connectivity index (χ2v) is 7.88. The lowest BCUT2D eigenvalue weighted by molar-refractivity contribution is 0.102. The van der Waals surface area contributed by atoms with E-state index in [-0.39, 0.29) is 5.91 Å². The van der Waals surface area contributed by atoms with Crippen LogP contribution in [0.25, 0.3) is 0 Å². The summed E-state index contributed by atoms with van der Waals surface area (Å²) in [7, 11) is 0. The van der Waals surface area contributed by atoms with Gasteiger partial charge in [0.1, 0.15) is 11.1 Å². The van der Waals surface area contributed by atoms with Crippen molar-refractivity contribution in [1.29, 1.82) is 5.26 Å². The summed E-state index contributed by atoms with van der Waals surface area (Å²) in [6.45, 7) is 2.09. The number of thiophene rings is 1. The lowest BCUT2D eigenvalue weighted by Crippen LogP contribution is -2.11. The Morgan fingerprint density at radius 2 is 2.22 bits per heavy atom. The van der Waals surface area contributed by atoms with Crippen LogP contribution < -0.4 is 5.32 Å². The van der Waals surface area contributed by atoms with E-state index in [9.17, 15) is 10.1 Å². The van der Waals surface area contributed by atoms with Crippen LogP contribution in [0.1, 0.15) is 46.1 Å². The highest BCUT2D eigenvalue weighted by Crippen LogP contribution is 2.37. The molecule has 0 bridgehead atoms. The lowest BCUT2D eigenvalue weighted by atomic mass is 9.96. The Morgan fingerprint density at radius 3 is 3.00 bits per heavy atom. The molecule has 5 heteroatoms. The highest BCUT2D eigenvalue weighted by atomic mass is 32.2. The molecule has 23 heavy (non-hydrogen) atoms. The number of hydrogen-bond donors (Lipinski definition) is 1. The van der Waals surface area contributed by atoms with E-state index < -0.39 is 0 Å². The molecule has 3 nitrogen and oxygen atoms in total. The molecule has 0 saturated carbocycles. The van der Waals surface area contributed by atoms with Gasteiger partial charge in [0.2, 0.25) is 0 Å². The monoisotopic (exact) mass is 342 g/mol. The molecule has 1 aliphatic carbocycles. The van der Waals surface area contributed by atoms with Gasteiger partial charge in [0.25, 0.3) is 5.91 Å². The van der Waals surface area contributed by atoms with Crippen LogP contribution in [0.5, 0.6) is 0 Å². The van der Waals surface area contributed by atoms with E-state index >= 15 is 0 Å². The molecule has 1 aromatic carbocycles. The minimum absolute atomic E-state index is 0.140. The van der Waals surface area contributed by atoms with Crippen LogP contribution in [0.4, 0.5) is 5.00 Å². The minimum Gasteiger partial charge on any atom is -0.312 e. The molecular weight excluding hydrogens is 324 g/mol. The third kappa shape index (κ3) is 3.44. The zero-order valence-electron chi connectivity index (χ0n) is 13.0. The maximum absolute atomic E-state index is 12.5. The van der Waals surface area contributed by atoms with Crippen molar-refractivity contribution in [3.05, 3.63) is 45.8 Å². The smallest absolute Gasteiger partial charge is 0.256 e. The number of aryl methyl sites for hydroxylation is 1. The number of nitrogens with one attached hydrogen (secondary N) is 1. The molecule has 0 spiro atoms. The average molecular weight is 342 g/mol. The fraction of sp³-hybridized carbons (Fsp3) is 0.333. The van der Waals surface area contributed by atoms with Crippen LogP contribution in [0.2, 0.25) is 0 Å². The molecule has 118 valence electrons. The third-order valence-corrected chi connectivity index (χ3v) is 6.00. The summed E-state index contributed by atoms with van der Waals surface area (Å²) in [4.78, 5) is 14.9. The number of carbonyl (C=O) groups excluding carboxylic acids is 1. The van der Waals surface area contributed by atoms with E-state index in [1.807, 2.05) is 24.3 Å². The maximum atomic E-state index is 12.5. The SMILES string of the molecule is CCSc1cccc(C(=O)Nc2sc3c(c2C#N)CCCC3)c1. The Labute approximate surface area is 144 Å². The Bertz CT molecular complexity index is 774. The van der Waals surface area contributed by atoms with Gasteiger partial charge in [0.05, 0.1) is 5.56 Å². The summed E-state index contributed by atoms with van der Waals surface area (Å²) in [6.07, 6.45) is 4.27. The van der Waals surface area contributed by atoms with E-state index in [0.29, 0.717) is 16.1 Å². The first-order valence-electron chi connectivity index (χ1n) is 7.81. The number of thioether (sulfide) groups is 1. The first-order chi connectivity index (χ1) is 11.2. The molecule has 1 aliphatic rings. The van der Waals surface area contributed by atoms with Crippen molar-refractivity contribution in [2.75, 3.05) is 11.1 Å². The van der Waals surface area contributed by atoms with Crippen molar-refractivity contribution in [1.82, 2.24) is 0 Å². The predicted octanol–water partition coefficient (Wildman–Crippen LogP) is 4.86. The summed E-state index contributed by atoms with van der Waals surface area (Å²) in [5.41, 5.74) is 2.45. The van der Waals surface area contributed by atoms with Gasteiger partial charge in [0.15, 0.2) is 0 Å². The molecule has 0 radical (unpaired) electrons. The number of amides is 1. The van der Waals surface area contributed by atoms with Gasteiger partial charge in [0, 0.05) is 15.3 Å². The molecule has 0 fully saturated rings. The molecular formula is C18H18N2OS2. The summed E-state index contributed by atoms with van der Waals surface area (Å²) < 4.78 is 0. The van der Waals surface area contributed by atoms with Crippen LogP contribution in [0.15, 0.2) is 29.2 Å². The molecule has 0 saturated heterocycles. The van der Waals surface area contributed by atoms with Gasteiger partial charge in [-0.2, -0.15) is 5.26 Å². The van der Waals surface area contributed by atoms with Gasteiger partial charge in [-0.05, 0) is 55.2 Å². The van der Waals surface area contributed by atoms with Crippen LogP contribution in [0.3, 0.4) is 0 Å². The molecule has 0 atom stereocenters. The summed E-state index contributed by atoms with van der Waals surface area (Å²) in [6, 6.07) is 9.91. The number of benzene rings is 1. The summed E-state index contributed by atoms with van der Waals surface area (Å²) in [5, 5.41) is 13.1.